The highest BCUT2D eigenvalue weighted by Crippen LogP contribution is 2.57. The summed E-state index contributed by atoms with van der Waals surface area (Å²) in [5.41, 5.74) is 1.08. The van der Waals surface area contributed by atoms with E-state index < -0.39 is 36.4 Å². The number of benzene rings is 2. The molecule has 0 fully saturated rings. The van der Waals surface area contributed by atoms with Crippen molar-refractivity contribution in [3.63, 3.8) is 0 Å². The van der Waals surface area contributed by atoms with Gasteiger partial charge in [0.2, 0.25) is 0 Å². The smallest absolute Gasteiger partial charge is 0.322 e. The highest BCUT2D eigenvalue weighted by atomic mass is 31.3. The summed E-state index contributed by atoms with van der Waals surface area (Å²) < 4.78 is 45.0. The van der Waals surface area contributed by atoms with Crippen LogP contribution in [0.25, 0.3) is 0 Å². The normalized spacial score (nSPS) is 14.3. The predicted octanol–water partition coefficient (Wildman–Crippen LogP) is 3.94. The maximum atomic E-state index is 12.0. The number of para-hydroxylation sites is 1. The van der Waals surface area contributed by atoms with Crippen molar-refractivity contribution >= 4 is 46.9 Å². The Bertz CT molecular complexity index is 1030. The van der Waals surface area contributed by atoms with E-state index in [1.165, 1.54) is 6.07 Å². The lowest BCUT2D eigenvalue weighted by Crippen LogP contribution is -2.17. The van der Waals surface area contributed by atoms with Gasteiger partial charge >= 0.3 is 23.9 Å². The SMILES string of the molecule is O=C(COP(=O)(O)O[P+](=O)OP(=O)(O)O)Nc1ccccc1N=Nc1ccccc1. The molecule has 1 amide bonds. The standard InChI is InChI=1S/C14H14N3O10P3/c18-14(10-25-30(23,24)27-28(19)26-29(20,21)22)15-12-8-4-5-9-13(12)17-16-11-6-2-1-3-7-11/h1-9H,10H2,(H3-,15,16,18,20,21,22,23,24)/p+1. The van der Waals surface area contributed by atoms with Crippen LogP contribution in [0.1, 0.15) is 0 Å². The summed E-state index contributed by atoms with van der Waals surface area (Å²) in [5.74, 6) is -0.902. The largest absolute Gasteiger partial charge is 0.719 e. The number of nitrogens with zero attached hydrogens (tertiary/aromatic N) is 2. The number of hydrogen-bond donors (Lipinski definition) is 4. The van der Waals surface area contributed by atoms with Gasteiger partial charge in [-0.3, -0.25) is 14.2 Å². The third-order valence-electron chi connectivity index (χ3n) is 2.91. The molecule has 0 aliphatic carbocycles. The van der Waals surface area contributed by atoms with E-state index in [4.69, 9.17) is 9.79 Å². The van der Waals surface area contributed by atoms with Crippen molar-refractivity contribution in [1.82, 2.24) is 0 Å². The molecule has 2 aromatic carbocycles. The fourth-order valence-electron chi connectivity index (χ4n) is 1.81. The van der Waals surface area contributed by atoms with Gasteiger partial charge in [0.05, 0.1) is 11.4 Å². The molecule has 0 radical (unpaired) electrons. The van der Waals surface area contributed by atoms with E-state index in [-0.39, 0.29) is 11.4 Å². The number of carbonyl (C=O) groups excluding carboxylic acids is 1. The third-order valence-corrected chi connectivity index (χ3v) is 6.11. The third kappa shape index (κ3) is 9.10. The van der Waals surface area contributed by atoms with Gasteiger partial charge in [-0.2, -0.15) is 5.11 Å². The lowest BCUT2D eigenvalue weighted by molar-refractivity contribution is -0.118. The predicted molar refractivity (Wildman–Crippen MR) is 103 cm³/mol. The van der Waals surface area contributed by atoms with Gasteiger partial charge in [-0.15, -0.1) is 5.11 Å². The molecule has 13 nitrogen and oxygen atoms in total. The van der Waals surface area contributed by atoms with Crippen molar-refractivity contribution in [2.45, 2.75) is 0 Å². The van der Waals surface area contributed by atoms with Crippen LogP contribution in [-0.4, -0.2) is 27.2 Å². The summed E-state index contributed by atoms with van der Waals surface area (Å²) in [6.07, 6.45) is 0. The van der Waals surface area contributed by atoms with Crippen LogP contribution in [0.3, 0.4) is 0 Å². The number of nitrogens with one attached hydrogen (secondary N) is 1. The molecule has 2 atom stereocenters. The Morgan fingerprint density at radius 2 is 1.60 bits per heavy atom. The molecule has 2 rings (SSSR count). The topological polar surface area (TPSA) is 193 Å². The molecule has 0 aliphatic rings. The molecule has 4 N–H and O–H groups in total. The average molecular weight is 478 g/mol. The molecule has 0 bridgehead atoms. The zero-order chi connectivity index (χ0) is 22.2. The Morgan fingerprint density at radius 3 is 2.27 bits per heavy atom. The van der Waals surface area contributed by atoms with Crippen LogP contribution in [0.15, 0.2) is 64.8 Å². The number of azo groups is 1. The van der Waals surface area contributed by atoms with Gasteiger partial charge in [0.15, 0.2) is 0 Å². The average Bonchev–Trinajstić information content (AvgIpc) is 2.65. The monoisotopic (exact) mass is 478 g/mol. The number of rotatable bonds is 10. The van der Waals surface area contributed by atoms with Crippen LogP contribution in [-0.2, 0) is 31.6 Å². The van der Waals surface area contributed by atoms with Crippen molar-refractivity contribution in [2.24, 2.45) is 10.2 Å². The van der Waals surface area contributed by atoms with Crippen molar-refractivity contribution in [3.8, 4) is 0 Å². The molecule has 0 heterocycles. The maximum absolute atomic E-state index is 12.0. The van der Waals surface area contributed by atoms with Gasteiger partial charge in [0.1, 0.15) is 12.3 Å². The first-order chi connectivity index (χ1) is 14.0. The van der Waals surface area contributed by atoms with Crippen molar-refractivity contribution in [2.75, 3.05) is 11.9 Å². The quantitative estimate of drug-likeness (QED) is 0.287. The zero-order valence-corrected chi connectivity index (χ0v) is 17.5. The lowest BCUT2D eigenvalue weighted by Gasteiger charge is -2.08. The summed E-state index contributed by atoms with van der Waals surface area (Å²) in [6.45, 7) is -1.02. The number of carbonyl (C=O) groups is 1. The molecule has 0 aromatic heterocycles. The molecule has 2 unspecified atom stereocenters. The molecular weight excluding hydrogens is 463 g/mol. The Morgan fingerprint density at radius 1 is 0.967 bits per heavy atom. The summed E-state index contributed by atoms with van der Waals surface area (Å²) in [4.78, 5) is 38.2. The highest BCUT2D eigenvalue weighted by molar-refractivity contribution is 7.61. The Balaban J connectivity index is 1.95. The van der Waals surface area contributed by atoms with Crippen LogP contribution in [0, 0.1) is 0 Å². The van der Waals surface area contributed by atoms with Gasteiger partial charge in [0, 0.05) is 4.57 Å². The van der Waals surface area contributed by atoms with Crippen molar-refractivity contribution < 1.29 is 46.3 Å². The van der Waals surface area contributed by atoms with E-state index in [0.717, 1.165) is 0 Å². The van der Waals surface area contributed by atoms with Gasteiger partial charge in [-0.1, -0.05) is 30.3 Å². The first-order valence-electron chi connectivity index (χ1n) is 7.79. The summed E-state index contributed by atoms with van der Waals surface area (Å²) >= 11 is 0. The Labute approximate surface area is 170 Å². The van der Waals surface area contributed by atoms with E-state index >= 15 is 0 Å². The van der Waals surface area contributed by atoms with Crippen molar-refractivity contribution in [3.05, 3.63) is 54.6 Å². The Kier molecular flexibility index (Phi) is 8.63. The highest BCUT2D eigenvalue weighted by Gasteiger charge is 2.43. The molecule has 30 heavy (non-hydrogen) atoms. The first kappa shape index (κ1) is 24.1. The van der Waals surface area contributed by atoms with E-state index in [1.54, 1.807) is 42.5 Å². The van der Waals surface area contributed by atoms with Gasteiger partial charge in [-0.25, -0.2) is 9.13 Å². The van der Waals surface area contributed by atoms with Gasteiger partial charge in [-0.05, 0) is 32.9 Å². The molecule has 0 saturated heterocycles. The number of phosphoric acid groups is 2. The molecule has 0 saturated carbocycles. The number of amides is 1. The van der Waals surface area contributed by atoms with Crippen LogP contribution in [0.2, 0.25) is 0 Å². The lowest BCUT2D eigenvalue weighted by atomic mass is 10.2. The van der Waals surface area contributed by atoms with Gasteiger partial charge in [0.25, 0.3) is 5.91 Å². The van der Waals surface area contributed by atoms with Crippen LogP contribution in [0.5, 0.6) is 0 Å². The van der Waals surface area contributed by atoms with Crippen LogP contribution < -0.4 is 5.32 Å². The van der Waals surface area contributed by atoms with Crippen LogP contribution in [0.4, 0.5) is 17.1 Å². The molecule has 0 aliphatic heterocycles. The molecular formula is C14H15N3O10P3+. The minimum absolute atomic E-state index is 0.218. The van der Waals surface area contributed by atoms with Gasteiger partial charge < -0.3 is 15.1 Å². The second kappa shape index (κ2) is 10.7. The molecule has 0 spiro atoms. The fraction of sp³-hybridized carbons (Fsp3) is 0.0714. The molecule has 2 aromatic rings. The Hall–Kier alpha value is -2.17. The maximum Gasteiger partial charge on any atom is 0.719 e. The first-order valence-corrected chi connectivity index (χ1v) is 11.9. The van der Waals surface area contributed by atoms with E-state index in [9.17, 15) is 23.4 Å². The second-order valence-electron chi connectivity index (χ2n) is 5.22. The summed E-state index contributed by atoms with van der Waals surface area (Å²) in [5, 5.41) is 10.4. The molecule has 16 heteroatoms. The van der Waals surface area contributed by atoms with E-state index in [1.807, 2.05) is 6.07 Å². The van der Waals surface area contributed by atoms with E-state index in [2.05, 4.69) is 28.7 Å². The number of phosphoric ester groups is 1. The zero-order valence-electron chi connectivity index (χ0n) is 14.8. The minimum atomic E-state index is -5.22. The molecule has 160 valence electrons. The van der Waals surface area contributed by atoms with Crippen molar-refractivity contribution in [1.29, 1.82) is 0 Å². The van der Waals surface area contributed by atoms with E-state index in [0.29, 0.717) is 5.69 Å². The minimum Gasteiger partial charge on any atom is -0.322 e. The fourth-order valence-corrected chi connectivity index (χ4v) is 4.03. The number of hydrogen-bond acceptors (Lipinski definition) is 9. The second-order valence-corrected chi connectivity index (χ2v) is 9.15. The van der Waals surface area contributed by atoms with Crippen LogP contribution >= 0.6 is 23.9 Å². The summed E-state index contributed by atoms with van der Waals surface area (Å²) in [6, 6.07) is 15.1. The summed E-state index contributed by atoms with van der Waals surface area (Å²) in [7, 11) is -14.0. The number of anilines is 1.